The monoisotopic (exact) mass is 298 g/mol. The minimum Gasteiger partial charge on any atom is -0.485 e. The fourth-order valence-electron chi connectivity index (χ4n) is 3.74. The van der Waals surface area contributed by atoms with Crippen molar-refractivity contribution in [3.8, 4) is 11.4 Å². The summed E-state index contributed by atoms with van der Waals surface area (Å²) in [7, 11) is 0. The van der Waals surface area contributed by atoms with E-state index in [9.17, 15) is 0 Å². The first-order valence-corrected chi connectivity index (χ1v) is 8.40. The van der Waals surface area contributed by atoms with Gasteiger partial charge in [-0.25, -0.2) is 0 Å². The molecule has 0 saturated heterocycles. The summed E-state index contributed by atoms with van der Waals surface area (Å²) in [5.41, 5.74) is 8.80. The number of nitrogens with two attached hydrogens (primary N) is 1. The summed E-state index contributed by atoms with van der Waals surface area (Å²) in [6.45, 7) is 4.42. The van der Waals surface area contributed by atoms with Crippen molar-refractivity contribution in [2.75, 3.05) is 0 Å². The van der Waals surface area contributed by atoms with Crippen LogP contribution < -0.4 is 10.5 Å². The molecule has 0 bridgehead atoms. The van der Waals surface area contributed by atoms with Crippen molar-refractivity contribution >= 4 is 0 Å². The molecule has 0 fully saturated rings. The molecule has 3 nitrogen and oxygen atoms in total. The van der Waals surface area contributed by atoms with Gasteiger partial charge in [0.25, 0.3) is 0 Å². The lowest BCUT2D eigenvalue weighted by Gasteiger charge is -2.44. The predicted octanol–water partition coefficient (Wildman–Crippen LogP) is 4.08. The Morgan fingerprint density at radius 3 is 2.45 bits per heavy atom. The van der Waals surface area contributed by atoms with Gasteiger partial charge in [-0.1, -0.05) is 32.8 Å². The molecule has 118 valence electrons. The van der Waals surface area contributed by atoms with E-state index in [0.29, 0.717) is 0 Å². The second-order valence-electron chi connectivity index (χ2n) is 6.32. The van der Waals surface area contributed by atoms with Crippen LogP contribution in [0.15, 0.2) is 42.7 Å². The Bertz CT molecular complexity index is 612. The lowest BCUT2D eigenvalue weighted by molar-refractivity contribution is 0.00955. The summed E-state index contributed by atoms with van der Waals surface area (Å²) in [4.78, 5) is 0. The van der Waals surface area contributed by atoms with Gasteiger partial charge in [0.15, 0.2) is 0 Å². The van der Waals surface area contributed by atoms with E-state index >= 15 is 0 Å². The molecule has 2 heterocycles. The normalized spacial score (nSPS) is 19.5. The number of aromatic nitrogens is 1. The zero-order valence-electron chi connectivity index (χ0n) is 13.6. The van der Waals surface area contributed by atoms with Crippen molar-refractivity contribution in [1.82, 2.24) is 4.57 Å². The minimum atomic E-state index is -0.203. The maximum atomic E-state index is 6.59. The van der Waals surface area contributed by atoms with Crippen LogP contribution in [0.4, 0.5) is 0 Å². The molecule has 3 heteroatoms. The molecule has 1 aromatic carbocycles. The highest BCUT2D eigenvalue weighted by Gasteiger charge is 2.42. The van der Waals surface area contributed by atoms with Gasteiger partial charge in [0, 0.05) is 24.0 Å². The van der Waals surface area contributed by atoms with Gasteiger partial charge in [0.05, 0.1) is 5.69 Å². The average molecular weight is 298 g/mol. The number of ether oxygens (including phenoxy) is 1. The van der Waals surface area contributed by atoms with Gasteiger partial charge >= 0.3 is 0 Å². The summed E-state index contributed by atoms with van der Waals surface area (Å²) >= 11 is 0. The van der Waals surface area contributed by atoms with E-state index in [1.165, 1.54) is 11.3 Å². The molecule has 3 rings (SSSR count). The third-order valence-corrected chi connectivity index (χ3v) is 4.75. The smallest absolute Gasteiger partial charge is 0.125 e. The second kappa shape index (κ2) is 6.17. The van der Waals surface area contributed by atoms with E-state index in [1.807, 2.05) is 12.1 Å². The summed E-state index contributed by atoms with van der Waals surface area (Å²) in [6, 6.07) is 10.4. The topological polar surface area (TPSA) is 40.2 Å². The van der Waals surface area contributed by atoms with Gasteiger partial charge in [0.2, 0.25) is 0 Å². The van der Waals surface area contributed by atoms with E-state index in [0.717, 1.165) is 37.9 Å². The molecule has 0 aliphatic carbocycles. The van der Waals surface area contributed by atoms with E-state index in [2.05, 4.69) is 49.0 Å². The van der Waals surface area contributed by atoms with Gasteiger partial charge in [-0.2, -0.15) is 0 Å². The first-order valence-electron chi connectivity index (χ1n) is 8.40. The maximum absolute atomic E-state index is 6.59. The van der Waals surface area contributed by atoms with Gasteiger partial charge in [-0.3, -0.25) is 0 Å². The molecule has 0 spiro atoms. The van der Waals surface area contributed by atoms with Crippen LogP contribution in [0.3, 0.4) is 0 Å². The zero-order chi connectivity index (χ0) is 15.6. The Morgan fingerprint density at radius 2 is 1.82 bits per heavy atom. The Labute approximate surface area is 133 Å². The van der Waals surface area contributed by atoms with Crippen molar-refractivity contribution in [2.24, 2.45) is 5.73 Å². The summed E-state index contributed by atoms with van der Waals surface area (Å²) in [5.74, 6) is 1.01. The summed E-state index contributed by atoms with van der Waals surface area (Å²) in [6.07, 6.45) is 9.26. The molecule has 0 saturated carbocycles. The van der Waals surface area contributed by atoms with Gasteiger partial charge in [0.1, 0.15) is 11.4 Å². The molecule has 1 aliphatic heterocycles. The quantitative estimate of drug-likeness (QED) is 0.903. The van der Waals surface area contributed by atoms with Crippen LogP contribution in [0.1, 0.15) is 45.1 Å². The maximum Gasteiger partial charge on any atom is 0.125 e. The van der Waals surface area contributed by atoms with Crippen LogP contribution in [0.25, 0.3) is 5.69 Å². The largest absolute Gasteiger partial charge is 0.485 e. The fraction of sp³-hybridized carbons (Fsp3) is 0.474. The third kappa shape index (κ3) is 2.54. The number of hydrogen-bond acceptors (Lipinski definition) is 2. The Balaban J connectivity index is 2.01. The van der Waals surface area contributed by atoms with Crippen LogP contribution in [0.2, 0.25) is 0 Å². The van der Waals surface area contributed by atoms with E-state index in [4.69, 9.17) is 10.5 Å². The first-order chi connectivity index (χ1) is 10.7. The SMILES string of the molecule is CCCC1(CCC)Oc2cccc(-n3cccc3)c2CC1N. The lowest BCUT2D eigenvalue weighted by atomic mass is 9.79. The molecule has 2 N–H and O–H groups in total. The van der Waals surface area contributed by atoms with Crippen molar-refractivity contribution in [2.45, 2.75) is 57.6 Å². The summed E-state index contributed by atoms with van der Waals surface area (Å²) in [5, 5.41) is 0. The molecule has 22 heavy (non-hydrogen) atoms. The number of rotatable bonds is 5. The highest BCUT2D eigenvalue weighted by Crippen LogP contribution is 2.40. The lowest BCUT2D eigenvalue weighted by Crippen LogP contribution is -2.56. The molecule has 0 radical (unpaired) electrons. The van der Waals surface area contributed by atoms with E-state index in [1.54, 1.807) is 0 Å². The molecule has 0 amide bonds. The van der Waals surface area contributed by atoms with Crippen LogP contribution in [0, 0.1) is 0 Å². The van der Waals surface area contributed by atoms with Crippen LogP contribution in [-0.4, -0.2) is 16.2 Å². The van der Waals surface area contributed by atoms with Crippen molar-refractivity contribution in [1.29, 1.82) is 0 Å². The average Bonchev–Trinajstić information content (AvgIpc) is 3.02. The Morgan fingerprint density at radius 1 is 1.14 bits per heavy atom. The number of hydrogen-bond donors (Lipinski definition) is 1. The highest BCUT2D eigenvalue weighted by atomic mass is 16.5. The van der Waals surface area contributed by atoms with Crippen LogP contribution in [0.5, 0.6) is 5.75 Å². The third-order valence-electron chi connectivity index (χ3n) is 4.75. The molecule has 1 unspecified atom stereocenters. The summed E-state index contributed by atoms with van der Waals surface area (Å²) < 4.78 is 8.65. The number of fused-ring (bicyclic) bond motifs is 1. The number of benzene rings is 1. The van der Waals surface area contributed by atoms with Gasteiger partial charge in [-0.05, 0) is 43.5 Å². The van der Waals surface area contributed by atoms with Gasteiger partial charge < -0.3 is 15.0 Å². The van der Waals surface area contributed by atoms with Crippen molar-refractivity contribution in [3.63, 3.8) is 0 Å². The fourth-order valence-corrected chi connectivity index (χ4v) is 3.74. The zero-order valence-corrected chi connectivity index (χ0v) is 13.6. The van der Waals surface area contributed by atoms with E-state index in [-0.39, 0.29) is 11.6 Å². The minimum absolute atomic E-state index is 0.0524. The highest BCUT2D eigenvalue weighted by molar-refractivity contribution is 5.52. The van der Waals surface area contributed by atoms with Crippen molar-refractivity contribution in [3.05, 3.63) is 48.3 Å². The molecular formula is C19H26N2O. The molecule has 1 aromatic heterocycles. The molecule has 1 atom stereocenters. The first kappa shape index (κ1) is 15.2. The predicted molar refractivity (Wildman–Crippen MR) is 90.6 cm³/mol. The number of nitrogens with zero attached hydrogens (tertiary/aromatic N) is 1. The molecular weight excluding hydrogens is 272 g/mol. The second-order valence-corrected chi connectivity index (χ2v) is 6.32. The molecule has 1 aliphatic rings. The standard InChI is InChI=1S/C19H26N2O/c1-3-10-19(11-4-2)18(20)14-15-16(21-12-5-6-13-21)8-7-9-17(15)22-19/h5-9,12-13,18H,3-4,10-11,14,20H2,1-2H3. The van der Waals surface area contributed by atoms with Gasteiger partial charge in [-0.15, -0.1) is 0 Å². The Kier molecular flexibility index (Phi) is 4.25. The van der Waals surface area contributed by atoms with Crippen LogP contribution >= 0.6 is 0 Å². The van der Waals surface area contributed by atoms with E-state index < -0.39 is 0 Å². The molecule has 2 aromatic rings. The Hall–Kier alpha value is -1.74. The van der Waals surface area contributed by atoms with Crippen LogP contribution in [-0.2, 0) is 6.42 Å². The van der Waals surface area contributed by atoms with Crippen molar-refractivity contribution < 1.29 is 4.74 Å².